The first kappa shape index (κ1) is 19.1. The monoisotopic (exact) mass is 404 g/mol. The topological polar surface area (TPSA) is 66.5 Å². The van der Waals surface area contributed by atoms with Gasteiger partial charge in [-0.15, -0.1) is 11.3 Å². The Hall–Kier alpha value is -2.71. The van der Waals surface area contributed by atoms with Crippen molar-refractivity contribution in [2.45, 2.75) is 11.8 Å². The molecule has 0 aliphatic rings. The molecule has 27 heavy (non-hydrogen) atoms. The summed E-state index contributed by atoms with van der Waals surface area (Å²) < 4.78 is 40.4. The fourth-order valence-corrected chi connectivity index (χ4v) is 4.56. The number of benzene rings is 2. The largest absolute Gasteiger partial charge is 0.321 e. The summed E-state index contributed by atoms with van der Waals surface area (Å²) >= 11 is 1.11. The number of amides is 1. The van der Waals surface area contributed by atoms with E-state index in [0.29, 0.717) is 11.3 Å². The van der Waals surface area contributed by atoms with Gasteiger partial charge in [-0.3, -0.25) is 9.10 Å². The van der Waals surface area contributed by atoms with Gasteiger partial charge in [-0.05, 0) is 48.2 Å². The molecule has 0 atom stereocenters. The number of aryl methyl sites for hydroxylation is 1. The van der Waals surface area contributed by atoms with Crippen molar-refractivity contribution in [2.75, 3.05) is 16.7 Å². The number of nitrogens with one attached hydrogen (secondary N) is 1. The predicted molar refractivity (Wildman–Crippen MR) is 105 cm³/mol. The van der Waals surface area contributed by atoms with Crippen LogP contribution in [0, 0.1) is 12.7 Å². The molecule has 1 aromatic heterocycles. The van der Waals surface area contributed by atoms with Crippen LogP contribution >= 0.6 is 11.3 Å². The van der Waals surface area contributed by atoms with Gasteiger partial charge < -0.3 is 5.32 Å². The zero-order valence-corrected chi connectivity index (χ0v) is 16.3. The van der Waals surface area contributed by atoms with Gasteiger partial charge in [0, 0.05) is 12.7 Å². The van der Waals surface area contributed by atoms with E-state index >= 15 is 0 Å². The van der Waals surface area contributed by atoms with Crippen molar-refractivity contribution in [3.8, 4) is 0 Å². The van der Waals surface area contributed by atoms with Crippen LogP contribution in [-0.2, 0) is 10.0 Å². The molecule has 1 N–H and O–H groups in total. The van der Waals surface area contributed by atoms with Crippen molar-refractivity contribution in [2.24, 2.45) is 0 Å². The molecule has 0 unspecified atom stereocenters. The Morgan fingerprint density at radius 2 is 1.81 bits per heavy atom. The highest BCUT2D eigenvalue weighted by Crippen LogP contribution is 2.30. The molecular weight excluding hydrogens is 387 g/mol. The van der Waals surface area contributed by atoms with E-state index in [4.69, 9.17) is 0 Å². The number of hydrogen-bond donors (Lipinski definition) is 1. The summed E-state index contributed by atoms with van der Waals surface area (Å²) in [6.45, 7) is 1.63. The van der Waals surface area contributed by atoms with Gasteiger partial charge in [0.25, 0.3) is 15.9 Å². The van der Waals surface area contributed by atoms with Gasteiger partial charge in [0.15, 0.2) is 0 Å². The van der Waals surface area contributed by atoms with E-state index < -0.39 is 21.7 Å². The third-order valence-corrected chi connectivity index (χ3v) is 6.71. The maximum Gasteiger partial charge on any atom is 0.267 e. The Morgan fingerprint density at radius 1 is 1.11 bits per heavy atom. The molecule has 3 aromatic rings. The number of rotatable bonds is 5. The summed E-state index contributed by atoms with van der Waals surface area (Å²) in [4.78, 5) is 13.0. The van der Waals surface area contributed by atoms with Gasteiger partial charge in [-0.1, -0.05) is 24.3 Å². The molecule has 1 amide bonds. The van der Waals surface area contributed by atoms with Crippen molar-refractivity contribution in [3.05, 3.63) is 76.2 Å². The summed E-state index contributed by atoms with van der Waals surface area (Å²) in [5.74, 6) is -0.929. The lowest BCUT2D eigenvalue weighted by Crippen LogP contribution is -2.28. The standard InChI is InChI=1S/C19H17FN2O3S2/c1-13-8-9-14(12-16(13)20)21-19(23)18-17(10-11-26-18)22(2)27(24,25)15-6-4-3-5-7-15/h3-12H,1-2H3,(H,21,23). The highest BCUT2D eigenvalue weighted by atomic mass is 32.2. The van der Waals surface area contributed by atoms with Gasteiger partial charge in [0.05, 0.1) is 10.6 Å². The molecule has 0 aliphatic heterocycles. The molecule has 2 aromatic carbocycles. The average molecular weight is 404 g/mol. The molecule has 0 saturated heterocycles. The molecule has 0 bridgehead atoms. The number of thiophene rings is 1. The van der Waals surface area contributed by atoms with Crippen molar-refractivity contribution in [1.82, 2.24) is 0 Å². The number of hydrogen-bond acceptors (Lipinski definition) is 4. The summed E-state index contributed by atoms with van der Waals surface area (Å²) in [7, 11) is -2.41. The van der Waals surface area contributed by atoms with Crippen LogP contribution in [0.5, 0.6) is 0 Å². The fraction of sp³-hybridized carbons (Fsp3) is 0.105. The second-order valence-electron chi connectivity index (χ2n) is 5.84. The van der Waals surface area contributed by atoms with E-state index in [1.807, 2.05) is 0 Å². The lowest BCUT2D eigenvalue weighted by atomic mass is 10.2. The number of nitrogens with zero attached hydrogens (tertiary/aromatic N) is 1. The van der Waals surface area contributed by atoms with Crippen LogP contribution < -0.4 is 9.62 Å². The van der Waals surface area contributed by atoms with Gasteiger partial charge in [-0.2, -0.15) is 0 Å². The van der Waals surface area contributed by atoms with Crippen molar-refractivity contribution in [3.63, 3.8) is 0 Å². The molecule has 0 radical (unpaired) electrons. The summed E-state index contributed by atoms with van der Waals surface area (Å²) in [6.07, 6.45) is 0. The summed E-state index contributed by atoms with van der Waals surface area (Å²) in [5.41, 5.74) is 1.03. The minimum atomic E-state index is -3.80. The van der Waals surface area contributed by atoms with E-state index in [9.17, 15) is 17.6 Å². The van der Waals surface area contributed by atoms with Crippen LogP contribution in [0.3, 0.4) is 0 Å². The van der Waals surface area contributed by atoms with E-state index in [1.165, 1.54) is 25.2 Å². The number of carbonyl (C=O) groups is 1. The second-order valence-corrected chi connectivity index (χ2v) is 8.72. The Morgan fingerprint density at radius 3 is 2.48 bits per heavy atom. The third-order valence-electron chi connectivity index (χ3n) is 4.02. The average Bonchev–Trinajstić information content (AvgIpc) is 3.14. The molecule has 3 rings (SSSR count). The van der Waals surface area contributed by atoms with E-state index in [0.717, 1.165) is 15.6 Å². The molecular formula is C19H17FN2O3S2. The Kier molecular flexibility index (Phi) is 5.29. The maximum absolute atomic E-state index is 13.7. The van der Waals surface area contributed by atoms with E-state index in [1.54, 1.807) is 48.7 Å². The minimum absolute atomic E-state index is 0.130. The Labute approximate surface area is 161 Å². The van der Waals surface area contributed by atoms with Gasteiger partial charge in [0.2, 0.25) is 0 Å². The molecule has 1 heterocycles. The van der Waals surface area contributed by atoms with E-state index in [-0.39, 0.29) is 15.5 Å². The summed E-state index contributed by atoms with van der Waals surface area (Å²) in [6, 6.07) is 13.9. The molecule has 140 valence electrons. The SMILES string of the molecule is Cc1ccc(NC(=O)c2sccc2N(C)S(=O)(=O)c2ccccc2)cc1F. The molecule has 0 saturated carbocycles. The number of sulfonamides is 1. The lowest BCUT2D eigenvalue weighted by molar-refractivity contribution is 0.103. The Bertz CT molecular complexity index is 1080. The normalized spacial score (nSPS) is 11.2. The fourth-order valence-electron chi connectivity index (χ4n) is 2.46. The molecule has 0 aliphatic carbocycles. The molecule has 0 fully saturated rings. The van der Waals surface area contributed by atoms with Crippen molar-refractivity contribution < 1.29 is 17.6 Å². The van der Waals surface area contributed by atoms with Gasteiger partial charge in [0.1, 0.15) is 10.7 Å². The van der Waals surface area contributed by atoms with Crippen LogP contribution in [0.25, 0.3) is 0 Å². The maximum atomic E-state index is 13.7. The Balaban J connectivity index is 1.89. The van der Waals surface area contributed by atoms with Crippen LogP contribution in [0.15, 0.2) is 64.9 Å². The lowest BCUT2D eigenvalue weighted by Gasteiger charge is -2.19. The molecule has 8 heteroatoms. The zero-order valence-electron chi connectivity index (χ0n) is 14.6. The van der Waals surface area contributed by atoms with Crippen molar-refractivity contribution in [1.29, 1.82) is 0 Å². The first-order valence-corrected chi connectivity index (χ1v) is 10.3. The van der Waals surface area contributed by atoms with Gasteiger partial charge in [-0.25, -0.2) is 12.8 Å². The van der Waals surface area contributed by atoms with Crippen LogP contribution in [0.1, 0.15) is 15.2 Å². The second kappa shape index (κ2) is 7.50. The van der Waals surface area contributed by atoms with E-state index in [2.05, 4.69) is 5.32 Å². The van der Waals surface area contributed by atoms with Crippen LogP contribution in [0.4, 0.5) is 15.8 Å². The predicted octanol–water partition coefficient (Wildman–Crippen LogP) is 4.27. The first-order chi connectivity index (χ1) is 12.8. The van der Waals surface area contributed by atoms with Crippen molar-refractivity contribution >= 4 is 38.6 Å². The van der Waals surface area contributed by atoms with Crippen LogP contribution in [-0.4, -0.2) is 21.4 Å². The first-order valence-electron chi connectivity index (χ1n) is 7.99. The van der Waals surface area contributed by atoms with Gasteiger partial charge >= 0.3 is 0 Å². The number of anilines is 2. The highest BCUT2D eigenvalue weighted by Gasteiger charge is 2.26. The number of halogens is 1. The zero-order chi connectivity index (χ0) is 19.6. The van der Waals surface area contributed by atoms with Crippen LogP contribution in [0.2, 0.25) is 0 Å². The smallest absolute Gasteiger partial charge is 0.267 e. The number of carbonyl (C=O) groups excluding carboxylic acids is 1. The quantitative estimate of drug-likeness (QED) is 0.690. The minimum Gasteiger partial charge on any atom is -0.321 e. The highest BCUT2D eigenvalue weighted by molar-refractivity contribution is 7.92. The third kappa shape index (κ3) is 3.86. The molecule has 5 nitrogen and oxygen atoms in total. The molecule has 0 spiro atoms. The summed E-state index contributed by atoms with van der Waals surface area (Å²) in [5, 5.41) is 4.24.